The predicted octanol–water partition coefficient (Wildman–Crippen LogP) is 2.77. The second-order valence-electron chi connectivity index (χ2n) is 6.23. The third kappa shape index (κ3) is 3.27. The molecule has 0 atom stereocenters. The van der Waals surface area contributed by atoms with Gasteiger partial charge in [0.1, 0.15) is 28.5 Å². The monoisotopic (exact) mass is 368 g/mol. The van der Waals surface area contributed by atoms with Crippen LogP contribution in [0.1, 0.15) is 20.8 Å². The molecule has 1 saturated heterocycles. The average Bonchev–Trinajstić information content (AvgIpc) is 3.04. The van der Waals surface area contributed by atoms with Gasteiger partial charge < -0.3 is 15.0 Å². The first-order chi connectivity index (χ1) is 12.7. The number of nitrogens with one attached hydrogen (secondary N) is 1. The summed E-state index contributed by atoms with van der Waals surface area (Å²) in [5.41, 5.74) is 1.87. The van der Waals surface area contributed by atoms with Crippen LogP contribution in [0.4, 0.5) is 5.82 Å². The molecule has 0 radical (unpaired) electrons. The van der Waals surface area contributed by atoms with Gasteiger partial charge in [-0.25, -0.2) is 14.8 Å². The highest BCUT2D eigenvalue weighted by Crippen LogP contribution is 2.35. The minimum atomic E-state index is -0.305. The number of nitrogens with zero attached hydrogens (tertiary/aromatic N) is 3. The first-order valence-electron chi connectivity index (χ1n) is 8.65. The molecule has 0 bridgehead atoms. The van der Waals surface area contributed by atoms with Gasteiger partial charge in [0.25, 0.3) is 0 Å². The Morgan fingerprint density at radius 1 is 1.23 bits per heavy atom. The van der Waals surface area contributed by atoms with Gasteiger partial charge >= 0.3 is 5.97 Å². The quantitative estimate of drug-likeness (QED) is 0.714. The zero-order chi connectivity index (χ0) is 17.9. The molecule has 1 aliphatic rings. The third-order valence-corrected chi connectivity index (χ3v) is 5.70. The van der Waals surface area contributed by atoms with Crippen LogP contribution in [0.3, 0.4) is 0 Å². The van der Waals surface area contributed by atoms with Crippen LogP contribution in [-0.4, -0.2) is 42.1 Å². The summed E-state index contributed by atoms with van der Waals surface area (Å²) in [4.78, 5) is 25.2. The second kappa shape index (κ2) is 7.39. The third-order valence-electron chi connectivity index (χ3n) is 4.52. The normalized spacial score (nSPS) is 14.6. The van der Waals surface area contributed by atoms with Crippen molar-refractivity contribution in [3.05, 3.63) is 52.7 Å². The lowest BCUT2D eigenvalue weighted by molar-refractivity contribution is 0.0478. The number of ether oxygens (including phenoxy) is 1. The van der Waals surface area contributed by atoms with Gasteiger partial charge in [-0.1, -0.05) is 30.3 Å². The highest BCUT2D eigenvalue weighted by atomic mass is 32.1. The Balaban J connectivity index is 1.61. The van der Waals surface area contributed by atoms with E-state index in [1.165, 1.54) is 11.3 Å². The van der Waals surface area contributed by atoms with Gasteiger partial charge in [-0.05, 0) is 18.1 Å². The number of thiophene rings is 1. The van der Waals surface area contributed by atoms with E-state index in [4.69, 9.17) is 4.74 Å². The number of hydrogen-bond donors (Lipinski definition) is 1. The molecule has 1 aliphatic heterocycles. The van der Waals surface area contributed by atoms with Crippen molar-refractivity contribution in [1.29, 1.82) is 0 Å². The smallest absolute Gasteiger partial charge is 0.349 e. The molecule has 0 saturated carbocycles. The van der Waals surface area contributed by atoms with Crippen LogP contribution in [-0.2, 0) is 11.3 Å². The molecular formula is C19H20N4O2S. The summed E-state index contributed by atoms with van der Waals surface area (Å²) in [5.74, 6) is 0.605. The van der Waals surface area contributed by atoms with E-state index in [9.17, 15) is 4.79 Å². The maximum Gasteiger partial charge on any atom is 0.349 e. The molecule has 7 heteroatoms. The Bertz CT molecular complexity index is 920. The molecule has 134 valence electrons. The van der Waals surface area contributed by atoms with Crippen LogP contribution in [0.25, 0.3) is 10.2 Å². The van der Waals surface area contributed by atoms with Crippen LogP contribution in [0.5, 0.6) is 0 Å². The van der Waals surface area contributed by atoms with Crippen LogP contribution in [0.15, 0.2) is 36.7 Å². The van der Waals surface area contributed by atoms with E-state index in [0.717, 1.165) is 53.3 Å². The van der Waals surface area contributed by atoms with E-state index in [1.54, 1.807) is 6.33 Å². The Labute approximate surface area is 155 Å². The van der Waals surface area contributed by atoms with Gasteiger partial charge in [0, 0.05) is 26.2 Å². The molecule has 0 spiro atoms. The van der Waals surface area contributed by atoms with Crippen molar-refractivity contribution in [3.8, 4) is 0 Å². The summed E-state index contributed by atoms with van der Waals surface area (Å²) < 4.78 is 5.51. The largest absolute Gasteiger partial charge is 0.457 e. The van der Waals surface area contributed by atoms with Gasteiger partial charge in [0.2, 0.25) is 0 Å². The van der Waals surface area contributed by atoms with E-state index >= 15 is 0 Å². The number of aromatic nitrogens is 2. The lowest BCUT2D eigenvalue weighted by Gasteiger charge is -2.28. The lowest BCUT2D eigenvalue weighted by Crippen LogP contribution is -2.44. The Hall–Kier alpha value is -2.51. The van der Waals surface area contributed by atoms with Gasteiger partial charge in [0.05, 0.1) is 5.39 Å². The molecule has 0 amide bonds. The van der Waals surface area contributed by atoms with Gasteiger partial charge in [0.15, 0.2) is 0 Å². The van der Waals surface area contributed by atoms with Gasteiger partial charge in [-0.15, -0.1) is 11.3 Å². The Morgan fingerprint density at radius 2 is 2.00 bits per heavy atom. The molecule has 0 aliphatic carbocycles. The van der Waals surface area contributed by atoms with Crippen molar-refractivity contribution in [1.82, 2.24) is 15.3 Å². The van der Waals surface area contributed by atoms with E-state index in [1.807, 2.05) is 37.3 Å². The highest BCUT2D eigenvalue weighted by Gasteiger charge is 2.23. The van der Waals surface area contributed by atoms with E-state index < -0.39 is 0 Å². The molecule has 26 heavy (non-hydrogen) atoms. The summed E-state index contributed by atoms with van der Waals surface area (Å²) in [6.45, 7) is 5.88. The zero-order valence-electron chi connectivity index (χ0n) is 14.6. The number of fused-ring (bicyclic) bond motifs is 1. The van der Waals surface area contributed by atoms with Gasteiger partial charge in [-0.2, -0.15) is 0 Å². The molecule has 0 unspecified atom stereocenters. The maximum absolute atomic E-state index is 12.6. The minimum Gasteiger partial charge on any atom is -0.457 e. The molecule has 1 aromatic carbocycles. The van der Waals surface area contributed by atoms with E-state index in [2.05, 4.69) is 20.2 Å². The van der Waals surface area contributed by atoms with Crippen LogP contribution in [0, 0.1) is 6.92 Å². The molecule has 4 rings (SSSR count). The van der Waals surface area contributed by atoms with Crippen molar-refractivity contribution in [2.45, 2.75) is 13.5 Å². The molecular weight excluding hydrogens is 348 g/mol. The number of aryl methyl sites for hydroxylation is 1. The fraction of sp³-hybridized carbons (Fsp3) is 0.316. The summed E-state index contributed by atoms with van der Waals surface area (Å²) in [5, 5.41) is 4.31. The molecule has 6 nitrogen and oxygen atoms in total. The van der Waals surface area contributed by atoms with Crippen molar-refractivity contribution < 1.29 is 9.53 Å². The summed E-state index contributed by atoms with van der Waals surface area (Å²) in [7, 11) is 0. The number of carbonyl (C=O) groups excluding carboxylic acids is 1. The summed E-state index contributed by atoms with van der Waals surface area (Å²) in [6, 6.07) is 9.70. The number of piperazine rings is 1. The fourth-order valence-corrected chi connectivity index (χ4v) is 4.19. The molecule has 3 heterocycles. The van der Waals surface area contributed by atoms with Crippen molar-refractivity contribution in [2.24, 2.45) is 0 Å². The topological polar surface area (TPSA) is 67.3 Å². The van der Waals surface area contributed by atoms with Crippen molar-refractivity contribution in [3.63, 3.8) is 0 Å². The second-order valence-corrected chi connectivity index (χ2v) is 7.23. The fourth-order valence-electron chi connectivity index (χ4n) is 3.15. The molecule has 1 fully saturated rings. The number of carbonyl (C=O) groups is 1. The van der Waals surface area contributed by atoms with Gasteiger partial charge in [-0.3, -0.25) is 0 Å². The van der Waals surface area contributed by atoms with Crippen LogP contribution in [0.2, 0.25) is 0 Å². The van der Waals surface area contributed by atoms with Crippen LogP contribution < -0.4 is 10.2 Å². The molecule has 2 aromatic heterocycles. The number of hydrogen-bond acceptors (Lipinski definition) is 7. The first kappa shape index (κ1) is 16.9. The first-order valence-corrected chi connectivity index (χ1v) is 9.46. The Kier molecular flexibility index (Phi) is 4.81. The Morgan fingerprint density at radius 3 is 2.77 bits per heavy atom. The maximum atomic E-state index is 12.6. The SMILES string of the molecule is Cc1c(C(=O)OCc2ccccc2)sc2ncnc(N3CCNCC3)c12. The van der Waals surface area contributed by atoms with Crippen molar-refractivity contribution in [2.75, 3.05) is 31.1 Å². The number of rotatable bonds is 4. The number of esters is 1. The highest BCUT2D eigenvalue weighted by molar-refractivity contribution is 7.20. The average molecular weight is 368 g/mol. The summed E-state index contributed by atoms with van der Waals surface area (Å²) >= 11 is 1.38. The predicted molar refractivity (Wildman–Crippen MR) is 103 cm³/mol. The molecule has 1 N–H and O–H groups in total. The number of anilines is 1. The van der Waals surface area contributed by atoms with E-state index in [-0.39, 0.29) is 12.6 Å². The lowest BCUT2D eigenvalue weighted by atomic mass is 10.2. The van der Waals surface area contributed by atoms with Crippen molar-refractivity contribution >= 4 is 33.3 Å². The minimum absolute atomic E-state index is 0.268. The number of benzene rings is 1. The zero-order valence-corrected chi connectivity index (χ0v) is 15.4. The molecule has 3 aromatic rings. The standard InChI is InChI=1S/C19H20N4O2S/c1-13-15-17(23-9-7-20-8-10-23)21-12-22-18(15)26-16(13)19(24)25-11-14-5-3-2-4-6-14/h2-6,12,20H,7-11H2,1H3. The van der Waals surface area contributed by atoms with Crippen LogP contribution >= 0.6 is 11.3 Å². The van der Waals surface area contributed by atoms with E-state index in [0.29, 0.717) is 4.88 Å². The summed E-state index contributed by atoms with van der Waals surface area (Å²) in [6.07, 6.45) is 1.58.